The SMILES string of the molecule is CC(C)(CCN)CCc1nc(-c2ccc(Cl)cn2)no1. The second-order valence-electron chi connectivity index (χ2n) is 5.58. The Morgan fingerprint density at radius 1 is 1.30 bits per heavy atom. The normalized spacial score (nSPS) is 11.8. The molecule has 0 saturated carbocycles. The molecule has 0 bridgehead atoms. The maximum absolute atomic E-state index is 5.80. The number of halogens is 1. The van der Waals surface area contributed by atoms with Gasteiger partial charge in [-0.05, 0) is 36.9 Å². The third kappa shape index (κ3) is 4.02. The molecule has 0 saturated heterocycles. The molecular formula is C14H19ClN4O. The summed E-state index contributed by atoms with van der Waals surface area (Å²) in [7, 11) is 0. The number of nitrogens with two attached hydrogens (primary N) is 1. The lowest BCUT2D eigenvalue weighted by molar-refractivity contribution is 0.289. The Labute approximate surface area is 123 Å². The van der Waals surface area contributed by atoms with Crippen molar-refractivity contribution in [1.29, 1.82) is 0 Å². The van der Waals surface area contributed by atoms with E-state index in [2.05, 4.69) is 29.0 Å². The van der Waals surface area contributed by atoms with Gasteiger partial charge in [0.15, 0.2) is 0 Å². The molecule has 0 spiro atoms. The number of hydrogen-bond donors (Lipinski definition) is 1. The Morgan fingerprint density at radius 2 is 2.10 bits per heavy atom. The van der Waals surface area contributed by atoms with Crippen molar-refractivity contribution in [3.05, 3.63) is 29.2 Å². The summed E-state index contributed by atoms with van der Waals surface area (Å²) in [5, 5.41) is 4.53. The molecule has 0 aliphatic heterocycles. The Balaban J connectivity index is 2.00. The third-order valence-corrected chi connectivity index (χ3v) is 3.48. The van der Waals surface area contributed by atoms with Gasteiger partial charge in [-0.25, -0.2) is 0 Å². The highest BCUT2D eigenvalue weighted by Crippen LogP contribution is 2.26. The third-order valence-electron chi connectivity index (χ3n) is 3.26. The first-order valence-corrected chi connectivity index (χ1v) is 7.02. The Bertz CT molecular complexity index is 551. The van der Waals surface area contributed by atoms with Crippen LogP contribution in [0, 0.1) is 5.41 Å². The van der Waals surface area contributed by atoms with Gasteiger partial charge in [-0.2, -0.15) is 4.98 Å². The highest BCUT2D eigenvalue weighted by atomic mass is 35.5. The van der Waals surface area contributed by atoms with Crippen LogP contribution in [-0.2, 0) is 6.42 Å². The average Bonchev–Trinajstić information content (AvgIpc) is 2.86. The number of aryl methyl sites for hydroxylation is 1. The van der Waals surface area contributed by atoms with E-state index in [4.69, 9.17) is 21.9 Å². The first-order valence-electron chi connectivity index (χ1n) is 6.65. The van der Waals surface area contributed by atoms with Gasteiger partial charge in [0.05, 0.1) is 5.02 Å². The second-order valence-corrected chi connectivity index (χ2v) is 6.01. The van der Waals surface area contributed by atoms with Crippen molar-refractivity contribution in [2.75, 3.05) is 6.54 Å². The molecule has 0 aliphatic carbocycles. The zero-order valence-electron chi connectivity index (χ0n) is 11.8. The van der Waals surface area contributed by atoms with Crippen LogP contribution in [0.5, 0.6) is 0 Å². The zero-order chi connectivity index (χ0) is 14.6. The Hall–Kier alpha value is -1.46. The molecule has 2 N–H and O–H groups in total. The molecule has 0 atom stereocenters. The fourth-order valence-electron chi connectivity index (χ4n) is 1.93. The van der Waals surface area contributed by atoms with Crippen LogP contribution < -0.4 is 5.73 Å². The monoisotopic (exact) mass is 294 g/mol. The predicted octanol–water partition coefficient (Wildman–Crippen LogP) is 3.09. The van der Waals surface area contributed by atoms with Crippen molar-refractivity contribution in [3.8, 4) is 11.5 Å². The van der Waals surface area contributed by atoms with Gasteiger partial charge in [-0.15, -0.1) is 0 Å². The molecule has 0 radical (unpaired) electrons. The molecule has 2 rings (SSSR count). The number of aromatic nitrogens is 3. The fraction of sp³-hybridized carbons (Fsp3) is 0.500. The fourth-order valence-corrected chi connectivity index (χ4v) is 2.04. The summed E-state index contributed by atoms with van der Waals surface area (Å²) in [6.07, 6.45) is 4.25. The van der Waals surface area contributed by atoms with Gasteiger partial charge in [0.1, 0.15) is 5.69 Å². The molecule has 0 fully saturated rings. The number of hydrogen-bond acceptors (Lipinski definition) is 5. The summed E-state index contributed by atoms with van der Waals surface area (Å²) < 4.78 is 5.26. The zero-order valence-corrected chi connectivity index (χ0v) is 12.5. The van der Waals surface area contributed by atoms with Crippen molar-refractivity contribution < 1.29 is 4.52 Å². The summed E-state index contributed by atoms with van der Waals surface area (Å²) in [5.74, 6) is 1.12. The molecule has 0 aromatic carbocycles. The van der Waals surface area contributed by atoms with Crippen LogP contribution in [-0.4, -0.2) is 21.7 Å². The van der Waals surface area contributed by atoms with Crippen molar-refractivity contribution >= 4 is 11.6 Å². The van der Waals surface area contributed by atoms with Crippen molar-refractivity contribution in [3.63, 3.8) is 0 Å². The van der Waals surface area contributed by atoms with Crippen LogP contribution in [0.2, 0.25) is 5.02 Å². The second kappa shape index (κ2) is 6.33. The lowest BCUT2D eigenvalue weighted by Gasteiger charge is -2.22. The molecule has 20 heavy (non-hydrogen) atoms. The molecule has 2 aromatic rings. The summed E-state index contributed by atoms with van der Waals surface area (Å²) in [6, 6.07) is 3.53. The van der Waals surface area contributed by atoms with Crippen LogP contribution in [0.4, 0.5) is 0 Å². The molecule has 0 amide bonds. The maximum Gasteiger partial charge on any atom is 0.227 e. The molecule has 0 aliphatic rings. The van der Waals surface area contributed by atoms with Gasteiger partial charge >= 0.3 is 0 Å². The van der Waals surface area contributed by atoms with E-state index in [-0.39, 0.29) is 5.41 Å². The summed E-state index contributed by atoms with van der Waals surface area (Å²) in [5.41, 5.74) is 6.45. The largest absolute Gasteiger partial charge is 0.339 e. The van der Waals surface area contributed by atoms with Crippen LogP contribution in [0.15, 0.2) is 22.9 Å². The van der Waals surface area contributed by atoms with Crippen LogP contribution in [0.1, 0.15) is 32.6 Å². The van der Waals surface area contributed by atoms with E-state index in [0.29, 0.717) is 29.0 Å². The van der Waals surface area contributed by atoms with Crippen molar-refractivity contribution in [1.82, 2.24) is 15.1 Å². The van der Waals surface area contributed by atoms with E-state index >= 15 is 0 Å². The highest BCUT2D eigenvalue weighted by molar-refractivity contribution is 6.30. The van der Waals surface area contributed by atoms with Gasteiger partial charge < -0.3 is 10.3 Å². The van der Waals surface area contributed by atoms with Crippen LogP contribution >= 0.6 is 11.6 Å². The molecule has 6 heteroatoms. The van der Waals surface area contributed by atoms with Gasteiger partial charge in [-0.3, -0.25) is 4.98 Å². The van der Waals surface area contributed by atoms with Crippen molar-refractivity contribution in [2.24, 2.45) is 11.1 Å². The molecule has 2 heterocycles. The Morgan fingerprint density at radius 3 is 2.75 bits per heavy atom. The molecule has 2 aromatic heterocycles. The summed E-state index contributed by atoms with van der Waals surface area (Å²) in [4.78, 5) is 8.53. The lowest BCUT2D eigenvalue weighted by atomic mass is 9.84. The van der Waals surface area contributed by atoms with Gasteiger partial charge in [0.2, 0.25) is 11.7 Å². The van der Waals surface area contributed by atoms with E-state index in [1.165, 1.54) is 0 Å². The average molecular weight is 295 g/mol. The molecular weight excluding hydrogens is 276 g/mol. The number of nitrogens with zero attached hydrogens (tertiary/aromatic N) is 3. The standard InChI is InChI=1S/C14H19ClN4O/c1-14(2,7-8-16)6-5-12-18-13(19-20-12)11-4-3-10(15)9-17-11/h3-4,9H,5-8,16H2,1-2H3. The first-order chi connectivity index (χ1) is 9.50. The summed E-state index contributed by atoms with van der Waals surface area (Å²) >= 11 is 5.80. The Kier molecular flexibility index (Phi) is 4.73. The first kappa shape index (κ1) is 14.9. The predicted molar refractivity (Wildman–Crippen MR) is 78.3 cm³/mol. The van der Waals surface area contributed by atoms with E-state index in [9.17, 15) is 0 Å². The van der Waals surface area contributed by atoms with Gasteiger partial charge in [0.25, 0.3) is 0 Å². The van der Waals surface area contributed by atoms with E-state index < -0.39 is 0 Å². The lowest BCUT2D eigenvalue weighted by Crippen LogP contribution is -2.17. The van der Waals surface area contributed by atoms with Crippen molar-refractivity contribution in [2.45, 2.75) is 33.1 Å². The smallest absolute Gasteiger partial charge is 0.227 e. The highest BCUT2D eigenvalue weighted by Gasteiger charge is 2.19. The van der Waals surface area contributed by atoms with E-state index in [1.807, 2.05) is 0 Å². The summed E-state index contributed by atoms with van der Waals surface area (Å²) in [6.45, 7) is 5.08. The number of pyridine rings is 1. The number of rotatable bonds is 6. The van der Waals surface area contributed by atoms with Crippen LogP contribution in [0.25, 0.3) is 11.5 Å². The maximum atomic E-state index is 5.80. The molecule has 108 valence electrons. The van der Waals surface area contributed by atoms with Gasteiger partial charge in [0, 0.05) is 12.6 Å². The quantitative estimate of drug-likeness (QED) is 0.885. The minimum atomic E-state index is 0.182. The molecule has 5 nitrogen and oxygen atoms in total. The van der Waals surface area contributed by atoms with E-state index in [1.54, 1.807) is 18.3 Å². The minimum Gasteiger partial charge on any atom is -0.339 e. The minimum absolute atomic E-state index is 0.182. The topological polar surface area (TPSA) is 77.8 Å². The van der Waals surface area contributed by atoms with Crippen LogP contribution in [0.3, 0.4) is 0 Å². The van der Waals surface area contributed by atoms with E-state index in [0.717, 1.165) is 19.3 Å². The molecule has 0 unspecified atom stereocenters. The van der Waals surface area contributed by atoms with Gasteiger partial charge in [-0.1, -0.05) is 30.6 Å².